The van der Waals surface area contributed by atoms with E-state index in [1.165, 1.54) is 0 Å². The van der Waals surface area contributed by atoms with Crippen molar-refractivity contribution in [2.45, 2.75) is 38.3 Å². The SMILES string of the molecule is Cc1ccc(-c2noc(C3CC4(C3)CN(C(=O)[C@H]3C[C@@H]3F)C4)n2)cc1NC(=O)c1cnn2ccc(N3CC4(COC4)C3)cc12. The lowest BCUT2D eigenvalue weighted by molar-refractivity contribution is -0.153. The zero-order valence-electron chi connectivity index (χ0n) is 24.3. The zero-order valence-corrected chi connectivity index (χ0v) is 24.3. The van der Waals surface area contributed by atoms with Gasteiger partial charge in [-0.3, -0.25) is 9.59 Å². The fourth-order valence-electron chi connectivity index (χ4n) is 7.46. The van der Waals surface area contributed by atoms with Crippen molar-refractivity contribution in [1.29, 1.82) is 0 Å². The molecule has 3 saturated heterocycles. The van der Waals surface area contributed by atoms with E-state index >= 15 is 0 Å². The van der Waals surface area contributed by atoms with E-state index in [1.54, 1.807) is 15.6 Å². The molecule has 0 bridgehead atoms. The molecule has 1 N–H and O–H groups in total. The van der Waals surface area contributed by atoms with Gasteiger partial charge in [-0.15, -0.1) is 0 Å². The Balaban J connectivity index is 0.870. The monoisotopic (exact) mass is 597 g/mol. The van der Waals surface area contributed by atoms with E-state index in [0.29, 0.717) is 47.9 Å². The van der Waals surface area contributed by atoms with Gasteiger partial charge in [0.15, 0.2) is 0 Å². The molecule has 5 fully saturated rings. The van der Waals surface area contributed by atoms with Crippen LogP contribution in [0.5, 0.6) is 0 Å². The number of amides is 2. The molecule has 6 heterocycles. The van der Waals surface area contributed by atoms with Gasteiger partial charge in [0, 0.05) is 60.6 Å². The number of nitrogens with one attached hydrogen (secondary N) is 1. The summed E-state index contributed by atoms with van der Waals surface area (Å²) in [5.74, 6) is 0.517. The van der Waals surface area contributed by atoms with Crippen molar-refractivity contribution in [1.82, 2.24) is 24.7 Å². The number of pyridine rings is 1. The van der Waals surface area contributed by atoms with Crippen LogP contribution in [0, 0.1) is 23.7 Å². The highest BCUT2D eigenvalue weighted by molar-refractivity contribution is 6.09. The number of halogens is 1. The molecule has 4 aromatic rings. The van der Waals surface area contributed by atoms with Crippen molar-refractivity contribution in [3.63, 3.8) is 0 Å². The van der Waals surface area contributed by atoms with Gasteiger partial charge in [0.2, 0.25) is 17.6 Å². The molecule has 2 amide bonds. The van der Waals surface area contributed by atoms with Crippen LogP contribution in [0.4, 0.5) is 15.8 Å². The van der Waals surface area contributed by atoms with E-state index in [1.807, 2.05) is 43.5 Å². The Hall–Kier alpha value is -4.32. The average Bonchev–Trinajstić information content (AvgIpc) is 3.28. The molecule has 5 aliphatic rings. The number of hydrogen-bond acceptors (Lipinski definition) is 8. The molecule has 0 unspecified atom stereocenters. The highest BCUT2D eigenvalue weighted by atomic mass is 19.1. The molecule has 3 aromatic heterocycles. The van der Waals surface area contributed by atoms with Crippen LogP contribution in [0.1, 0.15) is 47.0 Å². The lowest BCUT2D eigenvalue weighted by Gasteiger charge is -2.58. The van der Waals surface area contributed by atoms with Gasteiger partial charge in [-0.2, -0.15) is 10.1 Å². The second-order valence-electron chi connectivity index (χ2n) is 13.7. The van der Waals surface area contributed by atoms with Crippen molar-refractivity contribution in [3.8, 4) is 11.4 Å². The van der Waals surface area contributed by atoms with Crippen LogP contribution in [-0.4, -0.2) is 82.0 Å². The Bertz CT molecular complexity index is 1820. The second kappa shape index (κ2) is 9.10. The standard InChI is InChI=1S/C32H32FN7O4/c1-18-2-3-19(27-36-29(44-37-27)20-9-31(10-20)12-39(13-31)30(42)22-8-24(22)33)6-25(18)35-28(41)23-11-34-40-5-4-21(7-26(23)40)38-14-32(15-38)16-43-17-32/h2-7,11,20,22,24H,8-10,12-17H2,1H3,(H,35,41)/t22-,24-/m0/s1. The summed E-state index contributed by atoms with van der Waals surface area (Å²) in [6.45, 7) is 6.90. The summed E-state index contributed by atoms with van der Waals surface area (Å²) < 4.78 is 26.0. The Morgan fingerprint density at radius 3 is 2.59 bits per heavy atom. The summed E-state index contributed by atoms with van der Waals surface area (Å²) in [6.07, 6.45) is 4.67. The zero-order chi connectivity index (χ0) is 29.8. The van der Waals surface area contributed by atoms with Crippen molar-refractivity contribution in [2.24, 2.45) is 16.7 Å². The highest BCUT2D eigenvalue weighted by Crippen LogP contribution is 2.56. The molecule has 2 atom stereocenters. The molecule has 11 nitrogen and oxygen atoms in total. The summed E-state index contributed by atoms with van der Waals surface area (Å²) in [4.78, 5) is 34.5. The molecule has 226 valence electrons. The number of alkyl halides is 1. The van der Waals surface area contributed by atoms with Crippen LogP contribution in [0.2, 0.25) is 0 Å². The number of rotatable bonds is 6. The lowest BCUT2D eigenvalue weighted by atomic mass is 9.57. The second-order valence-corrected chi connectivity index (χ2v) is 13.7. The number of hydrogen-bond donors (Lipinski definition) is 1. The topological polar surface area (TPSA) is 118 Å². The van der Waals surface area contributed by atoms with Gasteiger partial charge in [0.1, 0.15) is 6.17 Å². The molecule has 12 heteroatoms. The number of benzene rings is 1. The number of carbonyl (C=O) groups is 2. The fraction of sp³-hybridized carbons (Fsp3) is 0.469. The van der Waals surface area contributed by atoms with Gasteiger partial charge in [-0.25, -0.2) is 8.91 Å². The van der Waals surface area contributed by atoms with Gasteiger partial charge in [-0.05, 0) is 49.9 Å². The molecule has 44 heavy (non-hydrogen) atoms. The summed E-state index contributed by atoms with van der Waals surface area (Å²) in [5.41, 5.74) is 5.03. The molecule has 1 aromatic carbocycles. The molecule has 2 spiro atoms. The van der Waals surface area contributed by atoms with Crippen molar-refractivity contribution >= 4 is 28.7 Å². The van der Waals surface area contributed by atoms with E-state index < -0.39 is 12.1 Å². The van der Waals surface area contributed by atoms with E-state index in [9.17, 15) is 14.0 Å². The van der Waals surface area contributed by atoms with Gasteiger partial charge in [0.05, 0.1) is 41.8 Å². The number of likely N-dealkylation sites (tertiary alicyclic amines) is 1. The van der Waals surface area contributed by atoms with Gasteiger partial charge in [0.25, 0.3) is 5.91 Å². The first-order valence-corrected chi connectivity index (χ1v) is 15.3. The molecule has 0 radical (unpaired) electrons. The highest BCUT2D eigenvalue weighted by Gasteiger charge is 2.58. The molecule has 2 saturated carbocycles. The molecule has 9 rings (SSSR count). The summed E-state index contributed by atoms with van der Waals surface area (Å²) >= 11 is 0. The number of fused-ring (bicyclic) bond motifs is 1. The van der Waals surface area contributed by atoms with E-state index in [0.717, 1.165) is 61.5 Å². The molecule has 2 aliphatic carbocycles. The normalized spacial score (nSPS) is 24.5. The van der Waals surface area contributed by atoms with Gasteiger partial charge < -0.3 is 24.4 Å². The van der Waals surface area contributed by atoms with Crippen LogP contribution in [0.15, 0.2) is 47.2 Å². The first-order valence-electron chi connectivity index (χ1n) is 15.3. The third-order valence-corrected chi connectivity index (χ3v) is 10.3. The van der Waals surface area contributed by atoms with E-state index in [4.69, 9.17) is 9.26 Å². The maximum atomic E-state index is 13.5. The minimum atomic E-state index is -0.953. The number of aromatic nitrogens is 4. The largest absolute Gasteiger partial charge is 0.380 e. The Morgan fingerprint density at radius 1 is 1.07 bits per heavy atom. The van der Waals surface area contributed by atoms with E-state index in [2.05, 4.69) is 25.5 Å². The van der Waals surface area contributed by atoms with Crippen LogP contribution in [-0.2, 0) is 9.53 Å². The third-order valence-electron chi connectivity index (χ3n) is 10.3. The van der Waals surface area contributed by atoms with Crippen molar-refractivity contribution in [2.75, 3.05) is 49.6 Å². The summed E-state index contributed by atoms with van der Waals surface area (Å²) in [6, 6.07) is 9.77. The fourth-order valence-corrected chi connectivity index (χ4v) is 7.46. The van der Waals surface area contributed by atoms with Crippen molar-refractivity contribution in [3.05, 3.63) is 59.7 Å². The van der Waals surface area contributed by atoms with Crippen LogP contribution < -0.4 is 10.2 Å². The molecular formula is C32H32FN7O4. The predicted molar refractivity (Wildman–Crippen MR) is 157 cm³/mol. The third kappa shape index (κ3) is 4.06. The van der Waals surface area contributed by atoms with Gasteiger partial charge >= 0.3 is 0 Å². The quantitative estimate of drug-likeness (QED) is 0.356. The maximum Gasteiger partial charge on any atom is 0.259 e. The van der Waals surface area contributed by atoms with E-state index in [-0.39, 0.29) is 23.1 Å². The predicted octanol–water partition coefficient (Wildman–Crippen LogP) is 3.85. The Labute approximate surface area is 252 Å². The van der Waals surface area contributed by atoms with Crippen LogP contribution in [0.3, 0.4) is 0 Å². The minimum absolute atomic E-state index is 0.0375. The Morgan fingerprint density at radius 2 is 1.86 bits per heavy atom. The smallest absolute Gasteiger partial charge is 0.259 e. The minimum Gasteiger partial charge on any atom is -0.380 e. The number of anilines is 2. The number of carbonyl (C=O) groups excluding carboxylic acids is 2. The molecular weight excluding hydrogens is 565 g/mol. The number of nitrogens with zero attached hydrogens (tertiary/aromatic N) is 6. The van der Waals surface area contributed by atoms with Crippen molar-refractivity contribution < 1.29 is 23.2 Å². The molecule has 3 aliphatic heterocycles. The van der Waals surface area contributed by atoms with Crippen LogP contribution in [0.25, 0.3) is 16.9 Å². The lowest BCUT2D eigenvalue weighted by Crippen LogP contribution is -2.66. The van der Waals surface area contributed by atoms with Gasteiger partial charge in [-0.1, -0.05) is 17.3 Å². The maximum absolute atomic E-state index is 13.5. The van der Waals surface area contributed by atoms with Crippen LogP contribution >= 0.6 is 0 Å². The summed E-state index contributed by atoms with van der Waals surface area (Å²) in [5, 5.41) is 11.7. The number of ether oxygens (including phenoxy) is 1. The first kappa shape index (κ1) is 26.1. The summed E-state index contributed by atoms with van der Waals surface area (Å²) in [7, 11) is 0. The average molecular weight is 598 g/mol. The first-order chi connectivity index (χ1) is 21.3. The number of aryl methyl sites for hydroxylation is 1. The Kier molecular flexibility index (Phi) is 5.40.